The summed E-state index contributed by atoms with van der Waals surface area (Å²) in [4.78, 5) is 31.8. The standard InChI is InChI=1S/C24H21F3N4O3/c25-18-7-6-16(31-12-10-28-23(31)33)13-17(18)22(32)30-11-9-24(26,27)20(14-30)34-21-8-5-15-3-1-2-4-19(15)29-21/h1-8,13,20H,9-12,14H2,(H,28,33). The van der Waals surface area contributed by atoms with Crippen molar-refractivity contribution in [3.63, 3.8) is 0 Å². The van der Waals surface area contributed by atoms with E-state index in [-0.39, 0.29) is 24.0 Å². The number of para-hydroxylation sites is 1. The number of fused-ring (bicyclic) bond motifs is 1. The van der Waals surface area contributed by atoms with Gasteiger partial charge in [-0.3, -0.25) is 9.69 Å². The van der Waals surface area contributed by atoms with Crippen LogP contribution in [0, 0.1) is 5.82 Å². The van der Waals surface area contributed by atoms with E-state index < -0.39 is 36.7 Å². The molecule has 1 aromatic heterocycles. The van der Waals surface area contributed by atoms with Crippen LogP contribution in [-0.2, 0) is 0 Å². The summed E-state index contributed by atoms with van der Waals surface area (Å²) in [5, 5.41) is 3.47. The summed E-state index contributed by atoms with van der Waals surface area (Å²) < 4.78 is 49.4. The molecule has 2 fully saturated rings. The lowest BCUT2D eigenvalue weighted by atomic mass is 10.0. The van der Waals surface area contributed by atoms with Gasteiger partial charge in [0.25, 0.3) is 11.8 Å². The molecule has 2 aromatic carbocycles. The van der Waals surface area contributed by atoms with Crippen molar-refractivity contribution < 1.29 is 27.5 Å². The molecule has 1 atom stereocenters. The number of aromatic nitrogens is 1. The van der Waals surface area contributed by atoms with Crippen molar-refractivity contribution in [2.24, 2.45) is 0 Å². The maximum absolute atomic E-state index is 14.7. The van der Waals surface area contributed by atoms with Crippen LogP contribution in [0.5, 0.6) is 5.88 Å². The number of halogens is 3. The smallest absolute Gasteiger partial charge is 0.321 e. The number of carbonyl (C=O) groups is 2. The van der Waals surface area contributed by atoms with Gasteiger partial charge in [-0.15, -0.1) is 0 Å². The third-order valence-corrected chi connectivity index (χ3v) is 6.04. The molecule has 176 valence electrons. The molecule has 3 heterocycles. The number of ether oxygens (including phenoxy) is 1. The quantitative estimate of drug-likeness (QED) is 0.629. The van der Waals surface area contributed by atoms with Crippen LogP contribution in [0.4, 0.5) is 23.7 Å². The molecule has 7 nitrogen and oxygen atoms in total. The number of piperidine rings is 1. The molecular formula is C24H21F3N4O3. The minimum atomic E-state index is -3.20. The van der Waals surface area contributed by atoms with Gasteiger partial charge in [-0.25, -0.2) is 22.9 Å². The molecule has 5 rings (SSSR count). The Morgan fingerprint density at radius 3 is 2.74 bits per heavy atom. The number of alkyl halides is 2. The third-order valence-electron chi connectivity index (χ3n) is 6.04. The molecule has 3 aromatic rings. The molecule has 1 N–H and O–H groups in total. The monoisotopic (exact) mass is 470 g/mol. The van der Waals surface area contributed by atoms with Crippen LogP contribution < -0.4 is 15.0 Å². The summed E-state index contributed by atoms with van der Waals surface area (Å²) >= 11 is 0. The molecule has 0 spiro atoms. The van der Waals surface area contributed by atoms with Crippen LogP contribution in [0.3, 0.4) is 0 Å². The second-order valence-electron chi connectivity index (χ2n) is 8.26. The number of nitrogens with one attached hydrogen (secondary N) is 1. The fourth-order valence-electron chi connectivity index (χ4n) is 4.17. The van der Waals surface area contributed by atoms with Crippen LogP contribution >= 0.6 is 0 Å². The maximum Gasteiger partial charge on any atom is 0.321 e. The summed E-state index contributed by atoms with van der Waals surface area (Å²) in [6.07, 6.45) is -2.28. The number of benzene rings is 2. The summed E-state index contributed by atoms with van der Waals surface area (Å²) in [6, 6.07) is 13.9. The SMILES string of the molecule is O=C(c1cc(N2CCNC2=O)ccc1F)N1CCC(F)(F)C(Oc2ccc3ccccc3n2)C1. The van der Waals surface area contributed by atoms with E-state index in [2.05, 4.69) is 10.3 Å². The lowest BCUT2D eigenvalue weighted by Crippen LogP contribution is -2.55. The van der Waals surface area contributed by atoms with Crippen molar-refractivity contribution >= 4 is 28.5 Å². The molecule has 2 aliphatic heterocycles. The van der Waals surface area contributed by atoms with Gasteiger partial charge >= 0.3 is 6.03 Å². The van der Waals surface area contributed by atoms with Crippen molar-refractivity contribution in [3.05, 3.63) is 66.0 Å². The van der Waals surface area contributed by atoms with Crippen molar-refractivity contribution in [1.82, 2.24) is 15.2 Å². The normalized spacial score (nSPS) is 19.9. The Morgan fingerprint density at radius 1 is 1.12 bits per heavy atom. The van der Waals surface area contributed by atoms with Gasteiger partial charge in [-0.1, -0.05) is 18.2 Å². The highest BCUT2D eigenvalue weighted by Crippen LogP contribution is 2.33. The minimum Gasteiger partial charge on any atom is -0.466 e. The van der Waals surface area contributed by atoms with Gasteiger partial charge in [0, 0.05) is 43.2 Å². The number of hydrogen-bond acceptors (Lipinski definition) is 4. The molecule has 3 amide bonds. The van der Waals surface area contributed by atoms with Crippen molar-refractivity contribution in [2.75, 3.05) is 31.1 Å². The van der Waals surface area contributed by atoms with Gasteiger partial charge in [-0.05, 0) is 30.3 Å². The third kappa shape index (κ3) is 4.11. The Bertz CT molecular complexity index is 1270. The van der Waals surface area contributed by atoms with Crippen LogP contribution in [0.1, 0.15) is 16.8 Å². The molecule has 10 heteroatoms. The van der Waals surface area contributed by atoms with Crippen LogP contribution in [0.15, 0.2) is 54.6 Å². The van der Waals surface area contributed by atoms with Gasteiger partial charge in [0.1, 0.15) is 5.82 Å². The predicted octanol–water partition coefficient (Wildman–Crippen LogP) is 3.83. The highest BCUT2D eigenvalue weighted by atomic mass is 19.3. The van der Waals surface area contributed by atoms with E-state index in [0.29, 0.717) is 24.3 Å². The number of hydrogen-bond donors (Lipinski definition) is 1. The summed E-state index contributed by atoms with van der Waals surface area (Å²) in [5.41, 5.74) is 0.664. The maximum atomic E-state index is 14.7. The first-order valence-corrected chi connectivity index (χ1v) is 10.9. The Hall–Kier alpha value is -3.82. The van der Waals surface area contributed by atoms with Crippen LogP contribution in [-0.4, -0.2) is 60.0 Å². The Morgan fingerprint density at radius 2 is 1.94 bits per heavy atom. The number of urea groups is 1. The number of carbonyl (C=O) groups excluding carboxylic acids is 2. The summed E-state index contributed by atoms with van der Waals surface area (Å²) in [7, 11) is 0. The molecule has 0 radical (unpaired) electrons. The lowest BCUT2D eigenvalue weighted by Gasteiger charge is -2.38. The zero-order valence-electron chi connectivity index (χ0n) is 18.0. The van der Waals surface area contributed by atoms with Gasteiger partial charge in [-0.2, -0.15) is 0 Å². The second kappa shape index (κ2) is 8.51. The Kier molecular flexibility index (Phi) is 5.51. The van der Waals surface area contributed by atoms with E-state index in [1.165, 1.54) is 23.1 Å². The van der Waals surface area contributed by atoms with Gasteiger partial charge in [0.05, 0.1) is 17.6 Å². The number of nitrogens with zero attached hydrogens (tertiary/aromatic N) is 3. The fourth-order valence-corrected chi connectivity index (χ4v) is 4.17. The predicted molar refractivity (Wildman–Crippen MR) is 119 cm³/mol. The first-order valence-electron chi connectivity index (χ1n) is 10.9. The first-order chi connectivity index (χ1) is 16.3. The van der Waals surface area contributed by atoms with Gasteiger partial charge < -0.3 is 15.0 Å². The van der Waals surface area contributed by atoms with E-state index in [1.54, 1.807) is 18.2 Å². The van der Waals surface area contributed by atoms with E-state index in [4.69, 9.17) is 4.74 Å². The molecular weight excluding hydrogens is 449 g/mol. The number of pyridine rings is 1. The highest BCUT2D eigenvalue weighted by Gasteiger charge is 2.47. The topological polar surface area (TPSA) is 74.8 Å². The number of rotatable bonds is 4. The number of anilines is 1. The minimum absolute atomic E-state index is 0.0193. The lowest BCUT2D eigenvalue weighted by molar-refractivity contribution is -0.131. The van der Waals surface area contributed by atoms with E-state index >= 15 is 0 Å². The molecule has 2 saturated heterocycles. The number of amides is 3. The molecule has 0 aliphatic carbocycles. The molecule has 0 saturated carbocycles. The average Bonchev–Trinajstić information content (AvgIpc) is 3.26. The average molecular weight is 470 g/mol. The van der Waals surface area contributed by atoms with Crippen molar-refractivity contribution in [1.29, 1.82) is 0 Å². The molecule has 1 unspecified atom stereocenters. The van der Waals surface area contributed by atoms with Crippen LogP contribution in [0.2, 0.25) is 0 Å². The molecule has 2 aliphatic rings. The first kappa shape index (κ1) is 22.0. The van der Waals surface area contributed by atoms with Gasteiger partial charge in [0.2, 0.25) is 5.88 Å². The van der Waals surface area contributed by atoms with Crippen molar-refractivity contribution in [2.45, 2.75) is 18.4 Å². The summed E-state index contributed by atoms with van der Waals surface area (Å²) in [6.45, 7) is 0.115. The van der Waals surface area contributed by atoms with E-state index in [1.807, 2.05) is 12.1 Å². The summed E-state index contributed by atoms with van der Waals surface area (Å²) in [5.74, 6) is -4.71. The highest BCUT2D eigenvalue weighted by molar-refractivity contribution is 5.98. The van der Waals surface area contributed by atoms with E-state index in [9.17, 15) is 22.8 Å². The largest absolute Gasteiger partial charge is 0.466 e. The molecule has 0 bridgehead atoms. The fraction of sp³-hybridized carbons (Fsp3) is 0.292. The molecule has 34 heavy (non-hydrogen) atoms. The zero-order chi connectivity index (χ0) is 23.9. The van der Waals surface area contributed by atoms with E-state index in [0.717, 1.165) is 16.4 Å². The Balaban J connectivity index is 1.37. The van der Waals surface area contributed by atoms with Crippen molar-refractivity contribution in [3.8, 4) is 5.88 Å². The van der Waals surface area contributed by atoms with Gasteiger partial charge in [0.15, 0.2) is 6.10 Å². The van der Waals surface area contributed by atoms with Crippen LogP contribution in [0.25, 0.3) is 10.9 Å². The Labute approximate surface area is 193 Å². The zero-order valence-corrected chi connectivity index (χ0v) is 18.0. The number of likely N-dealkylation sites (tertiary alicyclic amines) is 1. The second-order valence-corrected chi connectivity index (χ2v) is 8.26.